The molecule has 1 aromatic carbocycles. The molecule has 1 aromatic rings. The van der Waals surface area contributed by atoms with Gasteiger partial charge in [-0.05, 0) is 18.6 Å². The molecule has 0 radical (unpaired) electrons. The lowest BCUT2D eigenvalue weighted by atomic mass is 10.2. The predicted octanol–water partition coefficient (Wildman–Crippen LogP) is 3.39. The Kier molecular flexibility index (Phi) is 5.97. The lowest BCUT2D eigenvalue weighted by Gasteiger charge is -2.17. The van der Waals surface area contributed by atoms with E-state index in [4.69, 9.17) is 10.7 Å². The van der Waals surface area contributed by atoms with Crippen molar-refractivity contribution < 1.29 is 17.6 Å². The van der Waals surface area contributed by atoms with Gasteiger partial charge in [0, 0.05) is 28.7 Å². The van der Waals surface area contributed by atoms with Gasteiger partial charge in [0.2, 0.25) is 0 Å². The number of unbranched alkanes of at least 4 members (excludes halogenated alkanes) is 1. The molecular weight excluding hydrogens is 373 g/mol. The van der Waals surface area contributed by atoms with Gasteiger partial charge in [-0.15, -0.1) is 0 Å². The monoisotopic (exact) mass is 385 g/mol. The second-order valence-electron chi connectivity index (χ2n) is 4.28. The van der Waals surface area contributed by atoms with E-state index >= 15 is 0 Å². The summed E-state index contributed by atoms with van der Waals surface area (Å²) in [7, 11) is 2.44. The second kappa shape index (κ2) is 6.87. The number of halogens is 3. The van der Waals surface area contributed by atoms with E-state index in [0.29, 0.717) is 6.54 Å². The van der Waals surface area contributed by atoms with Gasteiger partial charge >= 0.3 is 0 Å². The first-order valence-electron chi connectivity index (χ1n) is 5.87. The lowest BCUT2D eigenvalue weighted by Crippen LogP contribution is -2.28. The molecule has 1 rings (SSSR count). The summed E-state index contributed by atoms with van der Waals surface area (Å²) in [4.78, 5) is 12.8. The molecular formula is C12H14BrClFNO3S. The molecule has 0 aliphatic heterocycles. The number of rotatable bonds is 5. The summed E-state index contributed by atoms with van der Waals surface area (Å²) in [5.74, 6) is -1.71. The fourth-order valence-electron chi connectivity index (χ4n) is 1.60. The van der Waals surface area contributed by atoms with Gasteiger partial charge in [0.05, 0.1) is 5.56 Å². The number of hydrogen-bond acceptors (Lipinski definition) is 3. The number of carbonyl (C=O) groups excluding carboxylic acids is 1. The van der Waals surface area contributed by atoms with E-state index in [-0.39, 0.29) is 10.0 Å². The van der Waals surface area contributed by atoms with Gasteiger partial charge < -0.3 is 4.90 Å². The van der Waals surface area contributed by atoms with E-state index in [9.17, 15) is 17.6 Å². The molecule has 0 saturated heterocycles. The van der Waals surface area contributed by atoms with Crippen LogP contribution in [0.2, 0.25) is 0 Å². The van der Waals surface area contributed by atoms with Crippen LogP contribution in [-0.4, -0.2) is 32.8 Å². The smallest absolute Gasteiger partial charge is 0.264 e. The Bertz CT molecular complexity index is 621. The molecule has 0 saturated carbocycles. The predicted molar refractivity (Wildman–Crippen MR) is 79.0 cm³/mol. The number of benzene rings is 1. The van der Waals surface area contributed by atoms with Crippen LogP contribution in [0.4, 0.5) is 4.39 Å². The topological polar surface area (TPSA) is 54.5 Å². The van der Waals surface area contributed by atoms with Crippen LogP contribution in [0.1, 0.15) is 30.1 Å². The first kappa shape index (κ1) is 17.4. The van der Waals surface area contributed by atoms with Gasteiger partial charge in [0.1, 0.15) is 4.90 Å². The summed E-state index contributed by atoms with van der Waals surface area (Å²) >= 11 is 3.05. The van der Waals surface area contributed by atoms with Gasteiger partial charge in [-0.1, -0.05) is 29.3 Å². The average Bonchev–Trinajstić information content (AvgIpc) is 2.36. The molecule has 0 fully saturated rings. The molecule has 0 unspecified atom stereocenters. The van der Waals surface area contributed by atoms with Crippen molar-refractivity contribution in [2.45, 2.75) is 24.7 Å². The summed E-state index contributed by atoms with van der Waals surface area (Å²) in [6.45, 7) is 2.43. The third-order valence-electron chi connectivity index (χ3n) is 2.69. The van der Waals surface area contributed by atoms with Crippen molar-refractivity contribution >= 4 is 41.6 Å². The van der Waals surface area contributed by atoms with Crippen LogP contribution >= 0.6 is 26.6 Å². The Morgan fingerprint density at radius 2 is 2.05 bits per heavy atom. The Labute approximate surface area is 130 Å². The Morgan fingerprint density at radius 1 is 1.45 bits per heavy atom. The van der Waals surface area contributed by atoms with E-state index in [2.05, 4.69) is 15.9 Å². The molecule has 0 aliphatic carbocycles. The Hall–Kier alpha value is -0.660. The Balaban J connectivity index is 3.26. The van der Waals surface area contributed by atoms with Crippen molar-refractivity contribution in [1.82, 2.24) is 4.90 Å². The molecule has 8 heteroatoms. The fraction of sp³-hybridized carbons (Fsp3) is 0.417. The summed E-state index contributed by atoms with van der Waals surface area (Å²) in [6, 6.07) is 2.27. The van der Waals surface area contributed by atoms with E-state index in [1.165, 1.54) is 18.0 Å². The molecule has 0 atom stereocenters. The van der Waals surface area contributed by atoms with Crippen LogP contribution in [0.5, 0.6) is 0 Å². The highest BCUT2D eigenvalue weighted by atomic mass is 79.9. The molecule has 20 heavy (non-hydrogen) atoms. The van der Waals surface area contributed by atoms with Gasteiger partial charge in [-0.25, -0.2) is 12.8 Å². The number of carbonyl (C=O) groups is 1. The third-order valence-corrected chi connectivity index (χ3v) is 4.47. The number of nitrogens with zero attached hydrogens (tertiary/aromatic N) is 1. The largest absolute Gasteiger partial charge is 0.342 e. The SMILES string of the molecule is CCCCN(C)C(=O)c1cc(Br)cc(S(=O)(=O)Cl)c1F. The first-order valence-corrected chi connectivity index (χ1v) is 8.98. The minimum Gasteiger partial charge on any atom is -0.342 e. The van der Waals surface area contributed by atoms with E-state index in [1.807, 2.05) is 6.92 Å². The van der Waals surface area contributed by atoms with Crippen LogP contribution in [0.15, 0.2) is 21.5 Å². The zero-order valence-electron chi connectivity index (χ0n) is 11.0. The standard InChI is InChI=1S/C12H14BrClFNO3S/c1-3-4-5-16(2)12(17)9-6-8(13)7-10(11(9)15)20(14,18)19/h6-7H,3-5H2,1-2H3. The van der Waals surface area contributed by atoms with Gasteiger partial charge in [-0.3, -0.25) is 4.79 Å². The zero-order valence-corrected chi connectivity index (χ0v) is 14.1. The number of amides is 1. The van der Waals surface area contributed by atoms with E-state index in [0.717, 1.165) is 18.9 Å². The molecule has 0 heterocycles. The summed E-state index contributed by atoms with van der Waals surface area (Å²) in [5, 5.41) is 0. The highest BCUT2D eigenvalue weighted by molar-refractivity contribution is 9.10. The van der Waals surface area contributed by atoms with Crippen molar-refractivity contribution in [2.75, 3.05) is 13.6 Å². The summed E-state index contributed by atoms with van der Waals surface area (Å²) < 4.78 is 37.0. The van der Waals surface area contributed by atoms with Crippen LogP contribution in [0, 0.1) is 5.82 Å². The van der Waals surface area contributed by atoms with Gasteiger partial charge in [0.15, 0.2) is 5.82 Å². The van der Waals surface area contributed by atoms with Crippen molar-refractivity contribution in [3.05, 3.63) is 28.0 Å². The maximum Gasteiger partial charge on any atom is 0.264 e. The first-order chi connectivity index (χ1) is 9.18. The highest BCUT2D eigenvalue weighted by Gasteiger charge is 2.25. The normalized spacial score (nSPS) is 11.4. The van der Waals surface area contributed by atoms with Crippen molar-refractivity contribution in [1.29, 1.82) is 0 Å². The minimum atomic E-state index is -4.26. The van der Waals surface area contributed by atoms with Crippen LogP contribution in [0.3, 0.4) is 0 Å². The second-order valence-corrected chi connectivity index (χ2v) is 7.73. The third kappa shape index (κ3) is 4.17. The van der Waals surface area contributed by atoms with Crippen molar-refractivity contribution in [2.24, 2.45) is 0 Å². The van der Waals surface area contributed by atoms with Gasteiger partial charge in [-0.2, -0.15) is 0 Å². The van der Waals surface area contributed by atoms with Crippen LogP contribution < -0.4 is 0 Å². The quantitative estimate of drug-likeness (QED) is 0.729. The van der Waals surface area contributed by atoms with E-state index < -0.39 is 25.7 Å². The van der Waals surface area contributed by atoms with Crippen LogP contribution in [-0.2, 0) is 9.05 Å². The molecule has 0 spiro atoms. The molecule has 4 nitrogen and oxygen atoms in total. The zero-order chi connectivity index (χ0) is 15.5. The maximum atomic E-state index is 14.1. The van der Waals surface area contributed by atoms with Crippen LogP contribution in [0.25, 0.3) is 0 Å². The summed E-state index contributed by atoms with van der Waals surface area (Å²) in [6.07, 6.45) is 1.67. The molecule has 0 aromatic heterocycles. The fourth-order valence-corrected chi connectivity index (χ4v) is 3.14. The van der Waals surface area contributed by atoms with Crippen molar-refractivity contribution in [3.63, 3.8) is 0 Å². The maximum absolute atomic E-state index is 14.1. The van der Waals surface area contributed by atoms with Crippen molar-refractivity contribution in [3.8, 4) is 0 Å². The number of hydrogen-bond donors (Lipinski definition) is 0. The molecule has 112 valence electrons. The molecule has 0 aliphatic rings. The van der Waals surface area contributed by atoms with Gasteiger partial charge in [0.25, 0.3) is 15.0 Å². The minimum absolute atomic E-state index is 0.269. The molecule has 0 bridgehead atoms. The Morgan fingerprint density at radius 3 is 2.55 bits per heavy atom. The van der Waals surface area contributed by atoms with E-state index in [1.54, 1.807) is 0 Å². The molecule has 0 N–H and O–H groups in total. The highest BCUT2D eigenvalue weighted by Crippen LogP contribution is 2.27. The summed E-state index contributed by atoms with van der Waals surface area (Å²) in [5.41, 5.74) is -0.322. The molecule has 1 amide bonds. The average molecular weight is 387 g/mol. The lowest BCUT2D eigenvalue weighted by molar-refractivity contribution is 0.0788.